The first kappa shape index (κ1) is 14.6. The van der Waals surface area contributed by atoms with Gasteiger partial charge in [0, 0.05) is 23.8 Å². The molecule has 1 heterocycles. The van der Waals surface area contributed by atoms with E-state index in [-0.39, 0.29) is 5.91 Å². The Hall–Kier alpha value is -1.81. The third-order valence-electron chi connectivity index (χ3n) is 2.77. The van der Waals surface area contributed by atoms with Crippen molar-refractivity contribution in [3.8, 4) is 0 Å². The minimum Gasteiger partial charge on any atom is -0.348 e. The first-order valence-corrected chi connectivity index (χ1v) is 7.68. The fraction of sp³-hybridized carbons (Fsp3) is 0.250. The Morgan fingerprint density at radius 1 is 1.25 bits per heavy atom. The maximum Gasteiger partial charge on any atom is 0.252 e. The van der Waals surface area contributed by atoms with Gasteiger partial charge in [0.25, 0.3) is 5.91 Å². The number of pyridine rings is 1. The van der Waals surface area contributed by atoms with Crippen LogP contribution in [0.3, 0.4) is 0 Å². The largest absolute Gasteiger partial charge is 0.348 e. The van der Waals surface area contributed by atoms with Crippen LogP contribution in [0.25, 0.3) is 0 Å². The molecule has 0 saturated carbocycles. The molecule has 104 valence electrons. The highest BCUT2D eigenvalue weighted by Gasteiger charge is 2.10. The number of benzene rings is 1. The van der Waals surface area contributed by atoms with Crippen LogP contribution in [0.5, 0.6) is 0 Å². The summed E-state index contributed by atoms with van der Waals surface area (Å²) in [4.78, 5) is 17.3. The molecule has 0 unspecified atom stereocenters. The lowest BCUT2D eigenvalue weighted by Gasteiger charge is -2.09. The van der Waals surface area contributed by atoms with Gasteiger partial charge < -0.3 is 5.32 Å². The van der Waals surface area contributed by atoms with Crippen LogP contribution in [0.2, 0.25) is 0 Å². The minimum atomic E-state index is -0.0342. The number of nitrogens with one attached hydrogen (secondary N) is 1. The van der Waals surface area contributed by atoms with Gasteiger partial charge in [0.1, 0.15) is 0 Å². The van der Waals surface area contributed by atoms with Crippen molar-refractivity contribution in [1.82, 2.24) is 10.3 Å². The van der Waals surface area contributed by atoms with Crippen molar-refractivity contribution >= 4 is 17.7 Å². The van der Waals surface area contributed by atoms with Crippen molar-refractivity contribution in [2.75, 3.05) is 5.75 Å². The van der Waals surface area contributed by atoms with E-state index in [9.17, 15) is 4.79 Å². The van der Waals surface area contributed by atoms with Crippen molar-refractivity contribution in [1.29, 1.82) is 0 Å². The molecule has 0 spiro atoms. The number of thioether (sulfide) groups is 1. The Balaban J connectivity index is 2.01. The second kappa shape index (κ2) is 7.70. The summed E-state index contributed by atoms with van der Waals surface area (Å²) >= 11 is 1.72. The third kappa shape index (κ3) is 4.10. The van der Waals surface area contributed by atoms with Gasteiger partial charge in [-0.1, -0.05) is 25.1 Å². The van der Waals surface area contributed by atoms with E-state index < -0.39 is 0 Å². The quantitative estimate of drug-likeness (QED) is 0.826. The molecule has 1 N–H and O–H groups in total. The van der Waals surface area contributed by atoms with Gasteiger partial charge in [0.2, 0.25) is 0 Å². The van der Waals surface area contributed by atoms with Crippen molar-refractivity contribution < 1.29 is 4.79 Å². The van der Waals surface area contributed by atoms with E-state index in [2.05, 4.69) is 17.2 Å². The van der Waals surface area contributed by atoms with Gasteiger partial charge in [-0.3, -0.25) is 9.78 Å². The van der Waals surface area contributed by atoms with Gasteiger partial charge in [-0.25, -0.2) is 0 Å². The molecule has 2 aromatic rings. The highest BCUT2D eigenvalue weighted by molar-refractivity contribution is 7.99. The van der Waals surface area contributed by atoms with Gasteiger partial charge in [-0.15, -0.1) is 11.8 Å². The molecule has 0 aliphatic rings. The standard InChI is InChI=1S/C16H18N2OS/c1-2-10-20-15-8-4-3-7-14(15)16(19)18-12-13-6-5-9-17-11-13/h3-9,11H,2,10,12H2,1H3,(H,18,19). The van der Waals surface area contributed by atoms with Crippen LogP contribution in [0.15, 0.2) is 53.7 Å². The number of nitrogens with zero attached hydrogens (tertiary/aromatic N) is 1. The lowest BCUT2D eigenvalue weighted by molar-refractivity contribution is 0.0948. The predicted molar refractivity (Wildman–Crippen MR) is 82.9 cm³/mol. The number of carbonyl (C=O) groups excluding carboxylic acids is 1. The normalized spacial score (nSPS) is 10.2. The van der Waals surface area contributed by atoms with Crippen molar-refractivity contribution in [2.24, 2.45) is 0 Å². The van der Waals surface area contributed by atoms with Crippen molar-refractivity contribution in [2.45, 2.75) is 24.8 Å². The zero-order chi connectivity index (χ0) is 14.2. The Labute approximate surface area is 123 Å². The summed E-state index contributed by atoms with van der Waals surface area (Å²) in [7, 11) is 0. The predicted octanol–water partition coefficient (Wildman–Crippen LogP) is 3.51. The summed E-state index contributed by atoms with van der Waals surface area (Å²) in [5.41, 5.74) is 1.74. The maximum atomic E-state index is 12.3. The van der Waals surface area contributed by atoms with E-state index in [0.29, 0.717) is 6.54 Å². The number of aromatic nitrogens is 1. The average molecular weight is 286 g/mol. The Kier molecular flexibility index (Phi) is 5.62. The highest BCUT2D eigenvalue weighted by atomic mass is 32.2. The first-order valence-electron chi connectivity index (χ1n) is 6.70. The maximum absolute atomic E-state index is 12.3. The molecule has 0 saturated heterocycles. The summed E-state index contributed by atoms with van der Waals surface area (Å²) in [5.74, 6) is 0.987. The smallest absolute Gasteiger partial charge is 0.252 e. The molecule has 0 aliphatic heterocycles. The zero-order valence-electron chi connectivity index (χ0n) is 11.5. The summed E-state index contributed by atoms with van der Waals surface area (Å²) in [6, 6.07) is 11.6. The lowest BCUT2D eigenvalue weighted by atomic mass is 10.2. The summed E-state index contributed by atoms with van der Waals surface area (Å²) < 4.78 is 0. The van der Waals surface area contributed by atoms with Crippen LogP contribution in [-0.4, -0.2) is 16.6 Å². The van der Waals surface area contributed by atoms with E-state index in [1.807, 2.05) is 36.4 Å². The third-order valence-corrected chi connectivity index (χ3v) is 4.05. The highest BCUT2D eigenvalue weighted by Crippen LogP contribution is 2.23. The molecule has 4 heteroatoms. The van der Waals surface area contributed by atoms with Gasteiger partial charge in [0.05, 0.1) is 5.56 Å². The second-order valence-electron chi connectivity index (χ2n) is 4.39. The number of amides is 1. The van der Waals surface area contributed by atoms with Crippen molar-refractivity contribution in [3.63, 3.8) is 0 Å². The summed E-state index contributed by atoms with van der Waals surface area (Å²) in [5, 5.41) is 2.94. The minimum absolute atomic E-state index is 0.0342. The molecule has 2 rings (SSSR count). The average Bonchev–Trinajstić information content (AvgIpc) is 2.52. The van der Waals surface area contributed by atoms with Crippen LogP contribution in [0, 0.1) is 0 Å². The molecular weight excluding hydrogens is 268 g/mol. The molecule has 1 aromatic heterocycles. The van der Waals surface area contributed by atoms with Crippen LogP contribution in [0.4, 0.5) is 0 Å². The molecule has 0 aliphatic carbocycles. The summed E-state index contributed by atoms with van der Waals surface area (Å²) in [6.45, 7) is 2.64. The monoisotopic (exact) mass is 286 g/mol. The zero-order valence-corrected chi connectivity index (χ0v) is 12.3. The fourth-order valence-electron chi connectivity index (χ4n) is 1.77. The van der Waals surface area contributed by atoms with Crippen LogP contribution < -0.4 is 5.32 Å². The van der Waals surface area contributed by atoms with Gasteiger partial charge in [0.15, 0.2) is 0 Å². The van der Waals surface area contributed by atoms with E-state index in [1.54, 1.807) is 24.2 Å². The van der Waals surface area contributed by atoms with Crippen LogP contribution >= 0.6 is 11.8 Å². The molecule has 3 nitrogen and oxygen atoms in total. The van der Waals surface area contributed by atoms with E-state index in [0.717, 1.165) is 28.2 Å². The molecule has 0 radical (unpaired) electrons. The Morgan fingerprint density at radius 3 is 2.85 bits per heavy atom. The molecule has 0 fully saturated rings. The molecule has 1 amide bonds. The number of hydrogen-bond donors (Lipinski definition) is 1. The van der Waals surface area contributed by atoms with Crippen LogP contribution in [-0.2, 0) is 6.54 Å². The topological polar surface area (TPSA) is 42.0 Å². The van der Waals surface area contributed by atoms with E-state index >= 15 is 0 Å². The molecule has 1 aromatic carbocycles. The number of hydrogen-bond acceptors (Lipinski definition) is 3. The molecule has 20 heavy (non-hydrogen) atoms. The summed E-state index contributed by atoms with van der Waals surface area (Å²) in [6.07, 6.45) is 4.58. The first-order chi connectivity index (χ1) is 9.81. The molecular formula is C16H18N2OS. The van der Waals surface area contributed by atoms with Gasteiger partial charge in [-0.2, -0.15) is 0 Å². The second-order valence-corrected chi connectivity index (χ2v) is 5.53. The SMILES string of the molecule is CCCSc1ccccc1C(=O)NCc1cccnc1. The van der Waals surface area contributed by atoms with E-state index in [4.69, 9.17) is 0 Å². The van der Waals surface area contributed by atoms with Crippen LogP contribution in [0.1, 0.15) is 29.3 Å². The Morgan fingerprint density at radius 2 is 2.10 bits per heavy atom. The molecule has 0 bridgehead atoms. The number of carbonyl (C=O) groups is 1. The van der Waals surface area contributed by atoms with Crippen molar-refractivity contribution in [3.05, 3.63) is 59.9 Å². The Bertz CT molecular complexity index is 557. The van der Waals surface area contributed by atoms with E-state index in [1.165, 1.54) is 0 Å². The lowest BCUT2D eigenvalue weighted by Crippen LogP contribution is -2.23. The molecule has 0 atom stereocenters. The number of rotatable bonds is 6. The van der Waals surface area contributed by atoms with Gasteiger partial charge >= 0.3 is 0 Å². The fourth-order valence-corrected chi connectivity index (χ4v) is 2.69. The van der Waals surface area contributed by atoms with Gasteiger partial charge in [-0.05, 0) is 35.9 Å².